The van der Waals surface area contributed by atoms with Crippen molar-refractivity contribution in [3.8, 4) is 0 Å². The van der Waals surface area contributed by atoms with E-state index >= 15 is 0 Å². The third-order valence-electron chi connectivity index (χ3n) is 4.62. The quantitative estimate of drug-likeness (QED) is 0.813. The van der Waals surface area contributed by atoms with Crippen LogP contribution in [0.25, 0.3) is 0 Å². The van der Waals surface area contributed by atoms with Crippen LogP contribution >= 0.6 is 11.3 Å². The average molecular weight is 361 g/mol. The maximum atomic E-state index is 13.3. The number of benzene rings is 1. The molecule has 0 saturated carbocycles. The third-order valence-corrected chi connectivity index (χ3v) is 5.44. The van der Waals surface area contributed by atoms with E-state index in [2.05, 4.69) is 9.88 Å². The summed E-state index contributed by atoms with van der Waals surface area (Å²) < 4.78 is 13.3. The van der Waals surface area contributed by atoms with Crippen molar-refractivity contribution in [1.29, 1.82) is 0 Å². The number of carbonyl (C=O) groups is 1. The van der Waals surface area contributed by atoms with Crippen molar-refractivity contribution >= 4 is 17.2 Å². The Labute approximate surface area is 152 Å². The number of amides is 1. The normalized spacial score (nSPS) is 16.6. The van der Waals surface area contributed by atoms with Crippen molar-refractivity contribution < 1.29 is 9.18 Å². The van der Waals surface area contributed by atoms with E-state index in [9.17, 15) is 9.18 Å². The van der Waals surface area contributed by atoms with Crippen LogP contribution in [0.1, 0.15) is 41.6 Å². The summed E-state index contributed by atoms with van der Waals surface area (Å²) in [6, 6.07) is 5.97. The lowest BCUT2D eigenvalue weighted by molar-refractivity contribution is -0.137. The van der Waals surface area contributed by atoms with Crippen LogP contribution in [0.5, 0.6) is 0 Å². The molecule has 1 amide bonds. The van der Waals surface area contributed by atoms with Gasteiger partial charge in [0, 0.05) is 12.4 Å². The molecule has 1 saturated heterocycles. The van der Waals surface area contributed by atoms with Crippen LogP contribution in [0.15, 0.2) is 29.6 Å². The highest BCUT2D eigenvalue weighted by atomic mass is 32.1. The number of hydrogen-bond donors (Lipinski definition) is 0. The van der Waals surface area contributed by atoms with Gasteiger partial charge >= 0.3 is 0 Å². The maximum absolute atomic E-state index is 13.3. The first kappa shape index (κ1) is 18.0. The molecule has 1 aromatic carbocycles. The van der Waals surface area contributed by atoms with E-state index in [-0.39, 0.29) is 17.8 Å². The Balaban J connectivity index is 1.81. The van der Waals surface area contributed by atoms with Gasteiger partial charge in [0.2, 0.25) is 5.91 Å². The first-order valence-electron chi connectivity index (χ1n) is 8.70. The minimum Gasteiger partial charge on any atom is -0.338 e. The molecule has 25 heavy (non-hydrogen) atoms. The van der Waals surface area contributed by atoms with Gasteiger partial charge in [0.1, 0.15) is 11.9 Å². The Morgan fingerprint density at radius 1 is 1.28 bits per heavy atom. The first-order chi connectivity index (χ1) is 12.0. The van der Waals surface area contributed by atoms with Crippen molar-refractivity contribution in [1.82, 2.24) is 14.8 Å². The molecule has 1 atom stereocenters. The van der Waals surface area contributed by atoms with Crippen LogP contribution in [0.4, 0.5) is 4.39 Å². The lowest BCUT2D eigenvalue weighted by atomic mass is 10.0. The summed E-state index contributed by atoms with van der Waals surface area (Å²) in [6.07, 6.45) is 3.40. The third kappa shape index (κ3) is 4.44. The van der Waals surface area contributed by atoms with Crippen LogP contribution in [0.2, 0.25) is 0 Å². The highest BCUT2D eigenvalue weighted by Gasteiger charge is 2.31. The van der Waals surface area contributed by atoms with Gasteiger partial charge < -0.3 is 4.90 Å². The zero-order chi connectivity index (χ0) is 17.8. The number of carbonyl (C=O) groups excluding carboxylic acids is 1. The number of nitrogens with zero attached hydrogens (tertiary/aromatic N) is 3. The van der Waals surface area contributed by atoms with Crippen molar-refractivity contribution in [2.75, 3.05) is 20.1 Å². The summed E-state index contributed by atoms with van der Waals surface area (Å²) in [6.45, 7) is 4.26. The largest absolute Gasteiger partial charge is 0.338 e. The average Bonchev–Trinajstić information content (AvgIpc) is 3.02. The number of aromatic nitrogens is 1. The summed E-state index contributed by atoms with van der Waals surface area (Å²) in [5.41, 5.74) is 1.77. The van der Waals surface area contributed by atoms with Crippen molar-refractivity contribution in [3.63, 3.8) is 0 Å². The molecule has 0 spiro atoms. The van der Waals surface area contributed by atoms with Gasteiger partial charge in [0.05, 0.1) is 17.2 Å². The summed E-state index contributed by atoms with van der Waals surface area (Å²) in [7, 11) is 1.82. The number of aryl methyl sites for hydroxylation is 1. The van der Waals surface area contributed by atoms with Gasteiger partial charge in [0.15, 0.2) is 0 Å². The second kappa shape index (κ2) is 8.06. The fourth-order valence-electron chi connectivity index (χ4n) is 3.34. The molecule has 134 valence electrons. The van der Waals surface area contributed by atoms with Crippen LogP contribution < -0.4 is 0 Å². The van der Waals surface area contributed by atoms with Crippen molar-refractivity contribution in [2.45, 2.75) is 38.8 Å². The smallest absolute Gasteiger partial charge is 0.244 e. The highest BCUT2D eigenvalue weighted by molar-refractivity contribution is 7.09. The molecule has 1 aliphatic rings. The van der Waals surface area contributed by atoms with Gasteiger partial charge in [-0.1, -0.05) is 18.6 Å². The number of hydrogen-bond acceptors (Lipinski definition) is 4. The predicted molar refractivity (Wildman–Crippen MR) is 97.9 cm³/mol. The minimum absolute atomic E-state index is 0.0409. The SMILES string of the molecule is Cc1nc(CN(C)C(=O)[C@@H](c2ccc(F)cc2)N2CCCCC2)cs1. The molecular formula is C19H24FN3OS. The van der Waals surface area contributed by atoms with Gasteiger partial charge in [-0.25, -0.2) is 9.37 Å². The molecule has 6 heteroatoms. The van der Waals surface area contributed by atoms with Gasteiger partial charge in [-0.2, -0.15) is 0 Å². The number of rotatable bonds is 5. The van der Waals surface area contributed by atoms with E-state index in [0.717, 1.165) is 42.2 Å². The van der Waals surface area contributed by atoms with Crippen LogP contribution in [-0.2, 0) is 11.3 Å². The molecule has 3 rings (SSSR count). The lowest BCUT2D eigenvalue weighted by Crippen LogP contribution is -2.43. The number of piperidine rings is 1. The fourth-order valence-corrected chi connectivity index (χ4v) is 3.95. The standard InChI is InChI=1S/C19H24FN3OS/c1-14-21-17(13-25-14)12-22(2)19(24)18(23-10-4-3-5-11-23)15-6-8-16(20)9-7-15/h6-9,13,18H,3-5,10-12H2,1-2H3/t18-/m1/s1. The molecule has 4 nitrogen and oxygen atoms in total. The van der Waals surface area contributed by atoms with Gasteiger partial charge in [-0.15, -0.1) is 11.3 Å². The Kier molecular flexibility index (Phi) is 5.81. The molecule has 0 aliphatic carbocycles. The molecule has 2 heterocycles. The maximum Gasteiger partial charge on any atom is 0.244 e. The Morgan fingerprint density at radius 3 is 2.56 bits per heavy atom. The van der Waals surface area contributed by atoms with Crippen molar-refractivity contribution in [3.05, 3.63) is 51.7 Å². The number of thiazole rings is 1. The molecule has 1 aromatic heterocycles. The van der Waals surface area contributed by atoms with E-state index in [1.165, 1.54) is 18.6 Å². The topological polar surface area (TPSA) is 36.4 Å². The number of halogens is 1. The number of likely N-dealkylation sites (N-methyl/N-ethyl adjacent to an activating group) is 1. The van der Waals surface area contributed by atoms with Crippen molar-refractivity contribution in [2.24, 2.45) is 0 Å². The molecule has 0 N–H and O–H groups in total. The Hall–Kier alpha value is -1.79. The van der Waals surface area contributed by atoms with E-state index < -0.39 is 0 Å². The zero-order valence-electron chi connectivity index (χ0n) is 14.7. The second-order valence-electron chi connectivity index (χ2n) is 6.60. The monoisotopic (exact) mass is 361 g/mol. The van der Waals surface area contributed by atoms with Gasteiger partial charge in [-0.3, -0.25) is 9.69 Å². The van der Waals surface area contributed by atoms with Crippen LogP contribution in [0, 0.1) is 12.7 Å². The Bertz CT molecular complexity index is 710. The van der Waals surface area contributed by atoms with E-state index in [1.807, 2.05) is 19.4 Å². The summed E-state index contributed by atoms with van der Waals surface area (Å²) in [5.74, 6) is -0.237. The molecule has 2 aromatic rings. The molecular weight excluding hydrogens is 337 g/mol. The van der Waals surface area contributed by atoms with E-state index in [1.54, 1.807) is 28.4 Å². The van der Waals surface area contributed by atoms with E-state index in [4.69, 9.17) is 0 Å². The summed E-state index contributed by atoms with van der Waals surface area (Å²) >= 11 is 1.59. The highest BCUT2D eigenvalue weighted by Crippen LogP contribution is 2.27. The van der Waals surface area contributed by atoms with E-state index in [0.29, 0.717) is 6.54 Å². The summed E-state index contributed by atoms with van der Waals surface area (Å²) in [4.78, 5) is 21.6. The molecule has 0 unspecified atom stereocenters. The molecule has 1 fully saturated rings. The second-order valence-corrected chi connectivity index (χ2v) is 7.67. The Morgan fingerprint density at radius 2 is 1.96 bits per heavy atom. The lowest BCUT2D eigenvalue weighted by Gasteiger charge is -2.36. The molecule has 0 radical (unpaired) electrons. The van der Waals surface area contributed by atoms with Gasteiger partial charge in [0.25, 0.3) is 0 Å². The summed E-state index contributed by atoms with van der Waals surface area (Å²) in [5, 5.41) is 2.99. The first-order valence-corrected chi connectivity index (χ1v) is 9.58. The van der Waals surface area contributed by atoms with Gasteiger partial charge in [-0.05, 0) is 50.6 Å². The van der Waals surface area contributed by atoms with Crippen LogP contribution in [-0.4, -0.2) is 40.8 Å². The zero-order valence-corrected chi connectivity index (χ0v) is 15.6. The number of likely N-dealkylation sites (tertiary alicyclic amines) is 1. The fraction of sp³-hybridized carbons (Fsp3) is 0.474. The molecule has 1 aliphatic heterocycles. The molecule has 0 bridgehead atoms. The van der Waals surface area contributed by atoms with Crippen LogP contribution in [0.3, 0.4) is 0 Å². The minimum atomic E-state index is -0.356. The predicted octanol–water partition coefficient (Wildman–Crippen LogP) is 3.78.